The SMILES string of the molecule is COc1c(C(F)F)cnc(OC(F)(F)F)c1C. The lowest BCUT2D eigenvalue weighted by Gasteiger charge is -2.15. The molecule has 0 unspecified atom stereocenters. The van der Waals surface area contributed by atoms with E-state index in [2.05, 4.69) is 14.5 Å². The maximum absolute atomic E-state index is 12.5. The second-order valence-electron chi connectivity index (χ2n) is 3.03. The summed E-state index contributed by atoms with van der Waals surface area (Å²) in [7, 11) is 1.07. The van der Waals surface area contributed by atoms with Gasteiger partial charge in [0.25, 0.3) is 6.43 Å². The molecular weight excluding hydrogens is 249 g/mol. The summed E-state index contributed by atoms with van der Waals surface area (Å²) >= 11 is 0. The minimum atomic E-state index is -4.94. The predicted molar refractivity (Wildman–Crippen MR) is 47.2 cm³/mol. The van der Waals surface area contributed by atoms with Crippen LogP contribution in [0.25, 0.3) is 0 Å². The van der Waals surface area contributed by atoms with Gasteiger partial charge in [-0.3, -0.25) is 0 Å². The number of aromatic nitrogens is 1. The van der Waals surface area contributed by atoms with Crippen LogP contribution in [0.2, 0.25) is 0 Å². The van der Waals surface area contributed by atoms with Crippen LogP contribution in [0.3, 0.4) is 0 Å². The summed E-state index contributed by atoms with van der Waals surface area (Å²) in [5, 5.41) is 0. The van der Waals surface area contributed by atoms with Gasteiger partial charge in [-0.15, -0.1) is 13.2 Å². The molecular formula is C9H8F5NO2. The molecule has 17 heavy (non-hydrogen) atoms. The Morgan fingerprint density at radius 1 is 1.29 bits per heavy atom. The van der Waals surface area contributed by atoms with Crippen LogP contribution >= 0.6 is 0 Å². The first-order chi connectivity index (χ1) is 7.76. The van der Waals surface area contributed by atoms with Gasteiger partial charge in [0, 0.05) is 6.20 Å². The molecule has 0 aliphatic rings. The van der Waals surface area contributed by atoms with E-state index >= 15 is 0 Å². The number of nitrogens with zero attached hydrogens (tertiary/aromatic N) is 1. The van der Waals surface area contributed by atoms with Crippen LogP contribution in [-0.2, 0) is 0 Å². The molecule has 0 saturated heterocycles. The number of halogens is 5. The van der Waals surface area contributed by atoms with Crippen LogP contribution in [0.5, 0.6) is 11.6 Å². The Morgan fingerprint density at radius 2 is 1.88 bits per heavy atom. The molecule has 0 N–H and O–H groups in total. The van der Waals surface area contributed by atoms with Gasteiger partial charge in [-0.2, -0.15) is 0 Å². The molecule has 8 heteroatoms. The molecule has 1 aromatic rings. The number of methoxy groups -OCH3 is 1. The van der Waals surface area contributed by atoms with Crippen molar-refractivity contribution in [3.05, 3.63) is 17.3 Å². The van der Waals surface area contributed by atoms with E-state index in [1.165, 1.54) is 0 Å². The molecule has 0 spiro atoms. The fraction of sp³-hybridized carbons (Fsp3) is 0.444. The fourth-order valence-electron chi connectivity index (χ4n) is 1.24. The van der Waals surface area contributed by atoms with Gasteiger partial charge in [0.1, 0.15) is 5.75 Å². The lowest BCUT2D eigenvalue weighted by atomic mass is 10.2. The summed E-state index contributed by atoms with van der Waals surface area (Å²) < 4.78 is 69.1. The normalized spacial score (nSPS) is 11.8. The third kappa shape index (κ3) is 3.18. The highest BCUT2D eigenvalue weighted by Gasteiger charge is 2.33. The Bertz CT molecular complexity index is 405. The van der Waals surface area contributed by atoms with Crippen molar-refractivity contribution in [2.75, 3.05) is 7.11 Å². The second-order valence-corrected chi connectivity index (χ2v) is 3.03. The van der Waals surface area contributed by atoms with Crippen molar-refractivity contribution in [2.24, 2.45) is 0 Å². The molecule has 0 aromatic carbocycles. The van der Waals surface area contributed by atoms with E-state index in [1.54, 1.807) is 0 Å². The summed E-state index contributed by atoms with van der Waals surface area (Å²) in [6.07, 6.45) is -7.23. The highest BCUT2D eigenvalue weighted by atomic mass is 19.4. The Morgan fingerprint density at radius 3 is 2.29 bits per heavy atom. The number of rotatable bonds is 3. The molecule has 0 radical (unpaired) electrons. The molecule has 0 atom stereocenters. The Balaban J connectivity index is 3.20. The molecule has 0 fully saturated rings. The maximum Gasteiger partial charge on any atom is 0.574 e. The zero-order valence-electron chi connectivity index (χ0n) is 8.81. The monoisotopic (exact) mass is 257 g/mol. The Kier molecular flexibility index (Phi) is 3.74. The first-order valence-corrected chi connectivity index (χ1v) is 4.33. The summed E-state index contributed by atoms with van der Waals surface area (Å²) in [6, 6.07) is 0. The number of hydrogen-bond donors (Lipinski definition) is 0. The first-order valence-electron chi connectivity index (χ1n) is 4.33. The Labute approximate surface area is 93.2 Å². The van der Waals surface area contributed by atoms with Crippen molar-refractivity contribution in [3.8, 4) is 11.6 Å². The lowest BCUT2D eigenvalue weighted by Crippen LogP contribution is -2.19. The zero-order chi connectivity index (χ0) is 13.2. The summed E-state index contributed by atoms with van der Waals surface area (Å²) in [5.41, 5.74) is -0.817. The van der Waals surface area contributed by atoms with E-state index in [0.717, 1.165) is 14.0 Å². The van der Waals surface area contributed by atoms with Gasteiger partial charge in [-0.1, -0.05) is 0 Å². The van der Waals surface area contributed by atoms with Crippen molar-refractivity contribution >= 4 is 0 Å². The molecule has 0 saturated carbocycles. The first kappa shape index (κ1) is 13.5. The van der Waals surface area contributed by atoms with Gasteiger partial charge in [0.05, 0.1) is 18.2 Å². The molecule has 0 bridgehead atoms. The molecule has 1 aromatic heterocycles. The summed E-state index contributed by atoms with van der Waals surface area (Å²) in [5.74, 6) is -1.17. The van der Waals surface area contributed by atoms with E-state index in [9.17, 15) is 22.0 Å². The quantitative estimate of drug-likeness (QED) is 0.779. The minimum Gasteiger partial charge on any atom is -0.496 e. The Hall–Kier alpha value is -1.60. The minimum absolute atomic E-state index is 0.234. The standard InChI is InChI=1S/C9H8F5NO2/c1-4-6(16-2)5(7(10)11)3-15-8(4)17-9(12,13)14/h3,7H,1-2H3. The van der Waals surface area contributed by atoms with Gasteiger partial charge in [-0.05, 0) is 6.92 Å². The molecule has 0 aliphatic heterocycles. The summed E-state index contributed by atoms with van der Waals surface area (Å²) in [4.78, 5) is 3.19. The average molecular weight is 257 g/mol. The third-order valence-corrected chi connectivity index (χ3v) is 1.90. The van der Waals surface area contributed by atoms with Gasteiger partial charge in [-0.25, -0.2) is 13.8 Å². The van der Waals surface area contributed by atoms with E-state index in [4.69, 9.17) is 0 Å². The molecule has 0 aliphatic carbocycles. The van der Waals surface area contributed by atoms with Crippen molar-refractivity contribution < 1.29 is 31.4 Å². The van der Waals surface area contributed by atoms with Crippen molar-refractivity contribution in [1.29, 1.82) is 0 Å². The molecule has 96 valence electrons. The zero-order valence-corrected chi connectivity index (χ0v) is 8.81. The maximum atomic E-state index is 12.5. The van der Waals surface area contributed by atoms with E-state index in [1.807, 2.05) is 0 Å². The summed E-state index contributed by atoms with van der Waals surface area (Å²) in [6.45, 7) is 1.15. The highest BCUT2D eigenvalue weighted by Crippen LogP contribution is 2.36. The highest BCUT2D eigenvalue weighted by molar-refractivity contribution is 5.45. The lowest BCUT2D eigenvalue weighted by molar-refractivity contribution is -0.276. The van der Waals surface area contributed by atoms with Crippen LogP contribution in [0, 0.1) is 6.92 Å². The van der Waals surface area contributed by atoms with Gasteiger partial charge < -0.3 is 9.47 Å². The van der Waals surface area contributed by atoms with E-state index < -0.39 is 24.2 Å². The number of pyridine rings is 1. The second kappa shape index (κ2) is 4.72. The third-order valence-electron chi connectivity index (χ3n) is 1.90. The van der Waals surface area contributed by atoms with Crippen LogP contribution in [0.15, 0.2) is 6.20 Å². The topological polar surface area (TPSA) is 31.4 Å². The molecule has 1 rings (SSSR count). The van der Waals surface area contributed by atoms with E-state index in [0.29, 0.717) is 6.20 Å². The van der Waals surface area contributed by atoms with Gasteiger partial charge >= 0.3 is 6.36 Å². The predicted octanol–water partition coefficient (Wildman–Crippen LogP) is 3.23. The van der Waals surface area contributed by atoms with Crippen LogP contribution in [-0.4, -0.2) is 18.5 Å². The number of alkyl halides is 5. The van der Waals surface area contributed by atoms with Crippen molar-refractivity contribution in [3.63, 3.8) is 0 Å². The van der Waals surface area contributed by atoms with E-state index in [-0.39, 0.29) is 11.3 Å². The smallest absolute Gasteiger partial charge is 0.496 e. The molecule has 3 nitrogen and oxygen atoms in total. The number of ether oxygens (including phenoxy) is 2. The van der Waals surface area contributed by atoms with Gasteiger partial charge in [0.2, 0.25) is 5.88 Å². The van der Waals surface area contributed by atoms with Crippen molar-refractivity contribution in [1.82, 2.24) is 4.98 Å². The van der Waals surface area contributed by atoms with Crippen LogP contribution in [0.1, 0.15) is 17.6 Å². The van der Waals surface area contributed by atoms with Gasteiger partial charge in [0.15, 0.2) is 0 Å². The molecule has 1 heterocycles. The largest absolute Gasteiger partial charge is 0.574 e. The fourth-order valence-corrected chi connectivity index (χ4v) is 1.24. The average Bonchev–Trinajstić information content (AvgIpc) is 2.18. The van der Waals surface area contributed by atoms with Crippen LogP contribution in [0.4, 0.5) is 22.0 Å². The number of hydrogen-bond acceptors (Lipinski definition) is 3. The van der Waals surface area contributed by atoms with Crippen LogP contribution < -0.4 is 9.47 Å². The van der Waals surface area contributed by atoms with Crippen molar-refractivity contribution in [2.45, 2.75) is 19.7 Å². The molecule has 0 amide bonds.